The number of hydrogen-bond acceptors (Lipinski definition) is 2. The Kier molecular flexibility index (Phi) is 4.66. The molecule has 0 saturated carbocycles. The molecule has 2 atom stereocenters. The van der Waals surface area contributed by atoms with Crippen LogP contribution in [0.2, 0.25) is 5.02 Å². The van der Waals surface area contributed by atoms with Crippen LogP contribution < -0.4 is 5.73 Å². The number of likely N-dealkylation sites (tertiary alicyclic amines) is 1. The maximum absolute atomic E-state index is 6.33. The maximum Gasteiger partial charge on any atom is 0.0511 e. The smallest absolute Gasteiger partial charge is 0.0511 e. The highest BCUT2D eigenvalue weighted by Gasteiger charge is 2.28. The summed E-state index contributed by atoms with van der Waals surface area (Å²) in [5.41, 5.74) is 7.37. The molecule has 0 radical (unpaired) electrons. The van der Waals surface area contributed by atoms with Crippen molar-refractivity contribution in [1.29, 1.82) is 0 Å². The molecule has 1 aromatic carbocycles. The molecule has 0 spiro atoms. The Balaban J connectivity index is 2.21. The topological polar surface area (TPSA) is 29.3 Å². The van der Waals surface area contributed by atoms with Crippen molar-refractivity contribution in [3.63, 3.8) is 0 Å². The second-order valence-corrected chi connectivity index (χ2v) is 5.95. The summed E-state index contributed by atoms with van der Waals surface area (Å²) < 4.78 is 0. The van der Waals surface area contributed by atoms with Gasteiger partial charge in [0.05, 0.1) is 6.04 Å². The van der Waals surface area contributed by atoms with E-state index in [1.807, 2.05) is 18.2 Å². The van der Waals surface area contributed by atoms with Crippen molar-refractivity contribution >= 4 is 11.6 Å². The Morgan fingerprint density at radius 2 is 1.89 bits per heavy atom. The fraction of sp³-hybridized carbons (Fsp3) is 0.600. The Morgan fingerprint density at radius 3 is 2.44 bits per heavy atom. The molecule has 2 unspecified atom stereocenters. The summed E-state index contributed by atoms with van der Waals surface area (Å²) in [6.07, 6.45) is 2.52. The summed E-state index contributed by atoms with van der Waals surface area (Å²) in [5.74, 6) is 0.834. The van der Waals surface area contributed by atoms with Gasteiger partial charge in [0.2, 0.25) is 0 Å². The van der Waals surface area contributed by atoms with Crippen LogP contribution in [0.15, 0.2) is 24.3 Å². The van der Waals surface area contributed by atoms with Crippen molar-refractivity contribution < 1.29 is 0 Å². The van der Waals surface area contributed by atoms with Gasteiger partial charge in [-0.05, 0) is 50.4 Å². The summed E-state index contributed by atoms with van der Waals surface area (Å²) in [6.45, 7) is 6.65. The third-order valence-electron chi connectivity index (χ3n) is 3.93. The SMILES string of the molecule is CC1CCN(C(c2ccccc2Cl)C(C)N)CC1. The van der Waals surface area contributed by atoms with E-state index in [0.717, 1.165) is 24.0 Å². The van der Waals surface area contributed by atoms with Crippen LogP contribution in [0, 0.1) is 5.92 Å². The normalized spacial score (nSPS) is 21.8. The van der Waals surface area contributed by atoms with Crippen LogP contribution in [-0.4, -0.2) is 24.0 Å². The van der Waals surface area contributed by atoms with Gasteiger partial charge in [-0.15, -0.1) is 0 Å². The molecule has 2 rings (SSSR count). The Bertz CT molecular complexity index is 384. The maximum atomic E-state index is 6.33. The lowest BCUT2D eigenvalue weighted by atomic mass is 9.93. The highest BCUT2D eigenvalue weighted by molar-refractivity contribution is 6.31. The second kappa shape index (κ2) is 6.05. The molecular formula is C15H23ClN2. The third kappa shape index (κ3) is 3.05. The second-order valence-electron chi connectivity index (χ2n) is 5.54. The molecule has 1 aliphatic rings. The van der Waals surface area contributed by atoms with E-state index in [1.54, 1.807) is 0 Å². The molecule has 2 nitrogen and oxygen atoms in total. The van der Waals surface area contributed by atoms with E-state index >= 15 is 0 Å². The molecule has 2 N–H and O–H groups in total. The molecule has 100 valence electrons. The van der Waals surface area contributed by atoms with E-state index in [-0.39, 0.29) is 12.1 Å². The number of nitrogens with two attached hydrogens (primary N) is 1. The lowest BCUT2D eigenvalue weighted by Gasteiger charge is -2.39. The van der Waals surface area contributed by atoms with Gasteiger partial charge in [-0.1, -0.05) is 36.7 Å². The minimum Gasteiger partial charge on any atom is -0.326 e. The standard InChI is InChI=1S/C15H23ClN2/c1-11-7-9-18(10-8-11)15(12(2)17)13-5-3-4-6-14(13)16/h3-6,11-12,15H,7-10,17H2,1-2H3. The van der Waals surface area contributed by atoms with Crippen LogP contribution in [0.3, 0.4) is 0 Å². The van der Waals surface area contributed by atoms with Gasteiger partial charge in [0.1, 0.15) is 0 Å². The fourth-order valence-corrected chi connectivity index (χ4v) is 3.08. The van der Waals surface area contributed by atoms with Gasteiger partial charge in [-0.2, -0.15) is 0 Å². The molecular weight excluding hydrogens is 244 g/mol. The van der Waals surface area contributed by atoms with Crippen LogP contribution in [0.1, 0.15) is 38.3 Å². The van der Waals surface area contributed by atoms with Gasteiger partial charge in [-0.3, -0.25) is 4.90 Å². The predicted molar refractivity (Wildman–Crippen MR) is 77.8 cm³/mol. The number of halogens is 1. The highest BCUT2D eigenvalue weighted by atomic mass is 35.5. The van der Waals surface area contributed by atoms with Crippen LogP contribution in [0.25, 0.3) is 0 Å². The van der Waals surface area contributed by atoms with Crippen molar-refractivity contribution in [2.24, 2.45) is 11.7 Å². The van der Waals surface area contributed by atoms with Gasteiger partial charge in [0.25, 0.3) is 0 Å². The lowest BCUT2D eigenvalue weighted by molar-refractivity contribution is 0.124. The zero-order chi connectivity index (χ0) is 13.1. The van der Waals surface area contributed by atoms with Gasteiger partial charge in [-0.25, -0.2) is 0 Å². The molecule has 3 heteroatoms. The quantitative estimate of drug-likeness (QED) is 0.908. The average Bonchev–Trinajstić information content (AvgIpc) is 2.34. The molecule has 1 aromatic rings. The zero-order valence-electron chi connectivity index (χ0n) is 11.3. The van der Waals surface area contributed by atoms with Crippen LogP contribution in [0.5, 0.6) is 0 Å². The van der Waals surface area contributed by atoms with Crippen LogP contribution >= 0.6 is 11.6 Å². The predicted octanol–water partition coefficient (Wildman–Crippen LogP) is 3.46. The number of rotatable bonds is 3. The van der Waals surface area contributed by atoms with E-state index in [0.29, 0.717) is 0 Å². The molecule has 1 fully saturated rings. The Morgan fingerprint density at radius 1 is 1.28 bits per heavy atom. The summed E-state index contributed by atoms with van der Waals surface area (Å²) in [5, 5.41) is 0.832. The van der Waals surface area contributed by atoms with Gasteiger partial charge in [0, 0.05) is 11.1 Å². The monoisotopic (exact) mass is 266 g/mol. The number of nitrogens with zero attached hydrogens (tertiary/aromatic N) is 1. The highest BCUT2D eigenvalue weighted by Crippen LogP contribution is 2.32. The Hall–Kier alpha value is -0.570. The van der Waals surface area contributed by atoms with Gasteiger partial charge < -0.3 is 5.73 Å². The van der Waals surface area contributed by atoms with E-state index in [1.165, 1.54) is 18.4 Å². The van der Waals surface area contributed by atoms with Crippen molar-refractivity contribution in [2.45, 2.75) is 38.8 Å². The van der Waals surface area contributed by atoms with Gasteiger partial charge in [0.15, 0.2) is 0 Å². The minimum atomic E-state index is 0.0957. The summed E-state index contributed by atoms with van der Waals surface area (Å²) >= 11 is 6.33. The average molecular weight is 267 g/mol. The van der Waals surface area contributed by atoms with E-state index in [9.17, 15) is 0 Å². The van der Waals surface area contributed by atoms with Crippen molar-refractivity contribution in [3.8, 4) is 0 Å². The molecule has 1 saturated heterocycles. The van der Waals surface area contributed by atoms with Crippen LogP contribution in [-0.2, 0) is 0 Å². The molecule has 18 heavy (non-hydrogen) atoms. The first-order valence-corrected chi connectivity index (χ1v) is 7.21. The van der Waals surface area contributed by atoms with E-state index in [2.05, 4.69) is 24.8 Å². The molecule has 0 aromatic heterocycles. The first-order chi connectivity index (χ1) is 8.59. The molecule has 0 bridgehead atoms. The van der Waals surface area contributed by atoms with Crippen molar-refractivity contribution in [2.75, 3.05) is 13.1 Å². The lowest BCUT2D eigenvalue weighted by Crippen LogP contribution is -2.43. The first kappa shape index (κ1) is 13.9. The molecule has 1 aliphatic heterocycles. The molecule has 0 aliphatic carbocycles. The number of hydrogen-bond donors (Lipinski definition) is 1. The van der Waals surface area contributed by atoms with Crippen LogP contribution in [0.4, 0.5) is 0 Å². The summed E-state index contributed by atoms with van der Waals surface area (Å²) in [4.78, 5) is 2.49. The van der Waals surface area contributed by atoms with Crippen molar-refractivity contribution in [3.05, 3.63) is 34.9 Å². The summed E-state index contributed by atoms with van der Waals surface area (Å²) in [7, 11) is 0. The zero-order valence-corrected chi connectivity index (χ0v) is 12.0. The third-order valence-corrected chi connectivity index (χ3v) is 4.28. The first-order valence-electron chi connectivity index (χ1n) is 6.83. The minimum absolute atomic E-state index is 0.0957. The number of piperidine rings is 1. The van der Waals surface area contributed by atoms with E-state index < -0.39 is 0 Å². The molecule has 0 amide bonds. The van der Waals surface area contributed by atoms with E-state index in [4.69, 9.17) is 17.3 Å². The fourth-order valence-electron chi connectivity index (χ4n) is 2.83. The Labute approximate surface area is 115 Å². The largest absolute Gasteiger partial charge is 0.326 e. The molecule has 1 heterocycles. The summed E-state index contributed by atoms with van der Waals surface area (Å²) in [6, 6.07) is 8.42. The van der Waals surface area contributed by atoms with Gasteiger partial charge >= 0.3 is 0 Å². The van der Waals surface area contributed by atoms with Crippen molar-refractivity contribution in [1.82, 2.24) is 4.90 Å². The number of benzene rings is 1.